The predicted molar refractivity (Wildman–Crippen MR) is 146 cm³/mol. The first-order chi connectivity index (χ1) is 20.2. The Kier molecular flexibility index (Phi) is 8.99. The van der Waals surface area contributed by atoms with Crippen LogP contribution in [0.4, 0.5) is 9.18 Å². The average Bonchev–Trinajstić information content (AvgIpc) is 3.40. The van der Waals surface area contributed by atoms with Crippen molar-refractivity contribution < 1.29 is 42.6 Å². The lowest BCUT2D eigenvalue weighted by atomic mass is 10.1. The molecule has 1 aromatic carbocycles. The molecule has 0 aliphatic carbocycles. The van der Waals surface area contributed by atoms with Gasteiger partial charge in [0.05, 0.1) is 38.3 Å². The van der Waals surface area contributed by atoms with Crippen molar-refractivity contribution in [2.75, 3.05) is 47.2 Å². The average molecular weight is 608 g/mol. The topological polar surface area (TPSA) is 130 Å². The van der Waals surface area contributed by atoms with Crippen LogP contribution < -0.4 is 20.4 Å². The molecule has 4 heterocycles. The van der Waals surface area contributed by atoms with Gasteiger partial charge in [-0.25, -0.2) is 9.18 Å². The Morgan fingerprint density at radius 2 is 2.05 bits per heavy atom. The van der Waals surface area contributed by atoms with Gasteiger partial charge in [-0.3, -0.25) is 14.4 Å². The third kappa shape index (κ3) is 5.81. The number of carbonyl (C=O) groups is 3. The molecule has 5 rings (SSSR count). The number of aromatic nitrogens is 1. The van der Waals surface area contributed by atoms with Gasteiger partial charge in [-0.15, -0.1) is 0 Å². The number of nitrogens with zero attached hydrogens (tertiary/aromatic N) is 2. The van der Waals surface area contributed by atoms with Crippen LogP contribution in [-0.2, 0) is 27.2 Å². The number of amides is 2. The third-order valence-electron chi connectivity index (χ3n) is 7.53. The number of fused-ring (bicyclic) bond motifs is 2. The molecule has 2 N–H and O–H groups in total. The van der Waals surface area contributed by atoms with Gasteiger partial charge in [0, 0.05) is 30.8 Å². The monoisotopic (exact) mass is 607 g/mol. The van der Waals surface area contributed by atoms with E-state index in [0.717, 1.165) is 6.54 Å². The standard InChI is InChI=1S/C28H32ClFN4O8/c1-32(2)10-4-13-40-28(38)42-15-41-24-22-26(37)33-11-5-12-39-27(33)19-9-8-18(34(19)22)20(23(24)35)25(36)31-14-16-6-3-7-17(29)21(16)30/h3,6-7,19,27H,4-5,8-15H2,1-2H3,(H,31,36)/p+1/t19-,27+/m1/s1. The Balaban J connectivity index is 1.43. The molecule has 226 valence electrons. The lowest BCUT2D eigenvalue weighted by Gasteiger charge is -2.44. The van der Waals surface area contributed by atoms with Crippen molar-refractivity contribution in [1.29, 1.82) is 0 Å². The zero-order valence-electron chi connectivity index (χ0n) is 23.4. The second-order valence-corrected chi connectivity index (χ2v) is 11.0. The first-order valence-corrected chi connectivity index (χ1v) is 14.2. The molecule has 12 nitrogen and oxygen atoms in total. The summed E-state index contributed by atoms with van der Waals surface area (Å²) in [6.45, 7) is 0.904. The van der Waals surface area contributed by atoms with E-state index in [1.54, 1.807) is 15.5 Å². The van der Waals surface area contributed by atoms with E-state index in [0.29, 0.717) is 44.5 Å². The zero-order chi connectivity index (χ0) is 30.0. The minimum atomic E-state index is -0.992. The van der Waals surface area contributed by atoms with E-state index < -0.39 is 48.0 Å². The van der Waals surface area contributed by atoms with Gasteiger partial charge in [0.25, 0.3) is 11.8 Å². The molecule has 2 amide bonds. The second-order valence-electron chi connectivity index (χ2n) is 10.6. The van der Waals surface area contributed by atoms with E-state index in [1.165, 1.54) is 17.0 Å². The first-order valence-electron chi connectivity index (χ1n) is 13.9. The van der Waals surface area contributed by atoms with E-state index >= 15 is 0 Å². The number of carbonyl (C=O) groups excluding carboxylic acids is 3. The van der Waals surface area contributed by atoms with E-state index in [4.69, 9.17) is 30.5 Å². The van der Waals surface area contributed by atoms with Crippen molar-refractivity contribution in [3.63, 3.8) is 0 Å². The number of ether oxygens (including phenoxy) is 4. The van der Waals surface area contributed by atoms with Crippen LogP contribution in [0.5, 0.6) is 5.75 Å². The van der Waals surface area contributed by atoms with Gasteiger partial charge < -0.3 is 38.6 Å². The number of hydrogen-bond acceptors (Lipinski definition) is 8. The fourth-order valence-corrected chi connectivity index (χ4v) is 5.81. The van der Waals surface area contributed by atoms with Gasteiger partial charge >= 0.3 is 6.16 Å². The molecule has 42 heavy (non-hydrogen) atoms. The summed E-state index contributed by atoms with van der Waals surface area (Å²) in [5, 5.41) is 2.49. The maximum atomic E-state index is 14.4. The molecule has 1 saturated heterocycles. The van der Waals surface area contributed by atoms with Crippen LogP contribution in [0.15, 0.2) is 23.0 Å². The number of rotatable bonds is 10. The molecule has 1 aromatic heterocycles. The number of benzene rings is 1. The summed E-state index contributed by atoms with van der Waals surface area (Å²) in [7, 11) is 3.95. The highest BCUT2D eigenvalue weighted by Gasteiger charge is 2.48. The van der Waals surface area contributed by atoms with Crippen molar-refractivity contribution in [3.8, 4) is 5.75 Å². The summed E-state index contributed by atoms with van der Waals surface area (Å²) >= 11 is 5.86. The summed E-state index contributed by atoms with van der Waals surface area (Å²) in [5.41, 5.74) is -0.592. The fraction of sp³-hybridized carbons (Fsp3) is 0.500. The van der Waals surface area contributed by atoms with E-state index in [9.17, 15) is 23.6 Å². The number of quaternary nitrogens is 1. The maximum absolute atomic E-state index is 14.4. The van der Waals surface area contributed by atoms with Crippen LogP contribution in [0.3, 0.4) is 0 Å². The van der Waals surface area contributed by atoms with Gasteiger partial charge in [-0.1, -0.05) is 23.7 Å². The molecule has 3 aliphatic heterocycles. The maximum Gasteiger partial charge on any atom is 0.511 e. The molecule has 0 unspecified atom stereocenters. The van der Waals surface area contributed by atoms with Crippen LogP contribution in [0, 0.1) is 5.82 Å². The Morgan fingerprint density at radius 1 is 1.24 bits per heavy atom. The summed E-state index contributed by atoms with van der Waals surface area (Å²) in [4.78, 5) is 55.7. The number of hydrogen-bond donors (Lipinski definition) is 2. The second kappa shape index (κ2) is 12.7. The highest BCUT2D eigenvalue weighted by atomic mass is 35.5. The minimum absolute atomic E-state index is 0.0254. The SMILES string of the molecule is C[NH+](C)CCCOC(=O)OCOc1c2n3c(c(C(=O)NCc4cccc(Cl)c4F)c1=O)CC[C@@H]3[C@@H]1OCCCN1C2=O. The smallest absolute Gasteiger partial charge is 0.451 e. The molecular weight excluding hydrogens is 575 g/mol. The van der Waals surface area contributed by atoms with Gasteiger partial charge in [-0.2, -0.15) is 0 Å². The van der Waals surface area contributed by atoms with Crippen molar-refractivity contribution in [2.45, 2.75) is 44.5 Å². The molecule has 14 heteroatoms. The van der Waals surface area contributed by atoms with Gasteiger partial charge in [0.1, 0.15) is 18.0 Å². The highest BCUT2D eigenvalue weighted by Crippen LogP contribution is 2.42. The van der Waals surface area contributed by atoms with E-state index in [1.807, 2.05) is 14.1 Å². The molecular formula is C28H33ClFN4O8+. The Labute approximate surface area is 246 Å². The van der Waals surface area contributed by atoms with Crippen molar-refractivity contribution in [3.05, 3.63) is 61.8 Å². The summed E-state index contributed by atoms with van der Waals surface area (Å²) < 4.78 is 37.7. The van der Waals surface area contributed by atoms with E-state index in [-0.39, 0.29) is 41.0 Å². The summed E-state index contributed by atoms with van der Waals surface area (Å²) in [6.07, 6.45) is 0.565. The van der Waals surface area contributed by atoms with E-state index in [2.05, 4.69) is 5.32 Å². The highest BCUT2D eigenvalue weighted by molar-refractivity contribution is 6.30. The molecule has 1 fully saturated rings. The Bertz CT molecular complexity index is 1450. The molecule has 2 aromatic rings. The number of nitrogens with one attached hydrogen (secondary N) is 2. The number of pyridine rings is 1. The molecule has 2 atom stereocenters. The first kappa shape index (κ1) is 29.8. The molecule has 0 spiro atoms. The zero-order valence-corrected chi connectivity index (χ0v) is 24.1. The van der Waals surface area contributed by atoms with Crippen LogP contribution in [0.25, 0.3) is 0 Å². The fourth-order valence-electron chi connectivity index (χ4n) is 5.62. The normalized spacial score (nSPS) is 18.9. The molecule has 0 radical (unpaired) electrons. The van der Waals surface area contributed by atoms with Crippen molar-refractivity contribution >= 4 is 29.6 Å². The van der Waals surface area contributed by atoms with Crippen molar-refractivity contribution in [1.82, 2.24) is 14.8 Å². The summed E-state index contributed by atoms with van der Waals surface area (Å²) in [6, 6.07) is 4.06. The minimum Gasteiger partial charge on any atom is -0.451 e. The Hall–Kier alpha value is -3.68. The van der Waals surface area contributed by atoms with Gasteiger partial charge in [0.15, 0.2) is 11.9 Å². The number of halogens is 2. The van der Waals surface area contributed by atoms with Crippen LogP contribution >= 0.6 is 11.6 Å². The molecule has 0 saturated carbocycles. The van der Waals surface area contributed by atoms with Crippen molar-refractivity contribution in [2.24, 2.45) is 0 Å². The quantitative estimate of drug-likeness (QED) is 0.235. The lowest BCUT2D eigenvalue weighted by molar-refractivity contribution is -0.858. The molecule has 0 bridgehead atoms. The van der Waals surface area contributed by atoms with Gasteiger partial charge in [-0.05, 0) is 25.3 Å². The molecule has 3 aliphatic rings. The van der Waals surface area contributed by atoms with Gasteiger partial charge in [0.2, 0.25) is 18.0 Å². The van der Waals surface area contributed by atoms with Crippen LogP contribution in [0.1, 0.15) is 57.4 Å². The predicted octanol–water partition coefficient (Wildman–Crippen LogP) is 1.28. The third-order valence-corrected chi connectivity index (χ3v) is 7.82. The summed E-state index contributed by atoms with van der Waals surface area (Å²) in [5.74, 6) is -2.34. The largest absolute Gasteiger partial charge is 0.511 e. The Morgan fingerprint density at radius 3 is 2.83 bits per heavy atom. The lowest BCUT2D eigenvalue weighted by Crippen LogP contribution is -3.05. The van der Waals surface area contributed by atoms with Crippen LogP contribution in [-0.4, -0.2) is 80.9 Å². The van der Waals surface area contributed by atoms with Crippen LogP contribution in [0.2, 0.25) is 5.02 Å².